The van der Waals surface area contributed by atoms with E-state index in [1.165, 1.54) is 11.0 Å². The summed E-state index contributed by atoms with van der Waals surface area (Å²) in [4.78, 5) is 27.4. The summed E-state index contributed by atoms with van der Waals surface area (Å²) in [5.74, 6) is -1.61. The smallest absolute Gasteiger partial charge is 0.416 e. The maximum Gasteiger partial charge on any atom is 0.416 e. The highest BCUT2D eigenvalue weighted by molar-refractivity contribution is 5.91. The molecule has 0 unspecified atom stereocenters. The first-order valence-electron chi connectivity index (χ1n) is 9.49. The summed E-state index contributed by atoms with van der Waals surface area (Å²) in [5.41, 5.74) is -1.73. The Balaban J connectivity index is 1.53. The number of alkyl halides is 6. The molecule has 1 saturated heterocycles. The predicted molar refractivity (Wildman–Crippen MR) is 102 cm³/mol. The highest BCUT2D eigenvalue weighted by atomic mass is 19.4. The Kier molecular flexibility index (Phi) is 6.65. The maximum absolute atomic E-state index is 12.9. The van der Waals surface area contributed by atoms with Crippen molar-refractivity contribution >= 4 is 17.6 Å². The van der Waals surface area contributed by atoms with Gasteiger partial charge < -0.3 is 14.5 Å². The lowest BCUT2D eigenvalue weighted by atomic mass is 10.1. The van der Waals surface area contributed by atoms with E-state index >= 15 is 0 Å². The van der Waals surface area contributed by atoms with Gasteiger partial charge in [-0.1, -0.05) is 12.1 Å². The lowest BCUT2D eigenvalue weighted by molar-refractivity contribution is -0.138. The van der Waals surface area contributed by atoms with Crippen molar-refractivity contribution in [2.75, 3.05) is 37.7 Å². The van der Waals surface area contributed by atoms with Gasteiger partial charge in [-0.3, -0.25) is 4.79 Å². The van der Waals surface area contributed by atoms with E-state index in [1.807, 2.05) is 0 Å². The van der Waals surface area contributed by atoms with Crippen LogP contribution in [0.25, 0.3) is 0 Å². The zero-order valence-electron chi connectivity index (χ0n) is 16.5. The van der Waals surface area contributed by atoms with Crippen LogP contribution in [0.15, 0.2) is 48.5 Å². The van der Waals surface area contributed by atoms with Gasteiger partial charge in [0.25, 0.3) is 5.91 Å². The van der Waals surface area contributed by atoms with E-state index < -0.39 is 42.0 Å². The van der Waals surface area contributed by atoms with Gasteiger partial charge in [0, 0.05) is 31.9 Å². The van der Waals surface area contributed by atoms with Crippen molar-refractivity contribution in [2.45, 2.75) is 12.4 Å². The number of amides is 1. The van der Waals surface area contributed by atoms with E-state index in [0.29, 0.717) is 11.8 Å². The minimum absolute atomic E-state index is 0.191. The van der Waals surface area contributed by atoms with Crippen LogP contribution in [0.1, 0.15) is 21.5 Å². The molecule has 1 amide bonds. The first-order valence-corrected chi connectivity index (χ1v) is 9.49. The number of hydrogen-bond donors (Lipinski definition) is 0. The molecule has 0 radical (unpaired) electrons. The molecule has 1 fully saturated rings. The van der Waals surface area contributed by atoms with Crippen LogP contribution >= 0.6 is 0 Å². The van der Waals surface area contributed by atoms with Crippen LogP contribution in [0.2, 0.25) is 0 Å². The lowest BCUT2D eigenvalue weighted by Gasteiger charge is -2.36. The minimum atomic E-state index is -4.62. The Hall–Kier alpha value is -3.24. The van der Waals surface area contributed by atoms with Crippen LogP contribution < -0.4 is 4.90 Å². The number of halogens is 6. The van der Waals surface area contributed by atoms with E-state index in [-0.39, 0.29) is 31.7 Å². The number of carbonyl (C=O) groups excluding carboxylic acids is 2. The monoisotopic (exact) mass is 460 g/mol. The third-order valence-electron chi connectivity index (χ3n) is 4.92. The molecule has 1 aliphatic rings. The Bertz CT molecular complexity index is 982. The second-order valence-electron chi connectivity index (χ2n) is 7.07. The Morgan fingerprint density at radius 1 is 0.812 bits per heavy atom. The van der Waals surface area contributed by atoms with Crippen LogP contribution in [0.5, 0.6) is 0 Å². The standard InChI is InChI=1S/C21H18F6N2O3/c22-20(23,24)15-4-1-3-14(11-15)19(31)32-13-18(30)29-9-7-28(8-10-29)17-6-2-5-16(12-17)21(25,26)27/h1-6,11-12H,7-10,13H2. The van der Waals surface area contributed by atoms with E-state index in [0.717, 1.165) is 30.3 Å². The quantitative estimate of drug-likeness (QED) is 0.506. The molecule has 0 aliphatic carbocycles. The van der Waals surface area contributed by atoms with E-state index in [2.05, 4.69) is 0 Å². The molecule has 32 heavy (non-hydrogen) atoms. The van der Waals surface area contributed by atoms with Crippen LogP contribution in [0, 0.1) is 0 Å². The molecule has 0 N–H and O–H groups in total. The van der Waals surface area contributed by atoms with Crippen molar-refractivity contribution in [3.8, 4) is 0 Å². The highest BCUT2D eigenvalue weighted by Gasteiger charge is 2.32. The van der Waals surface area contributed by atoms with Gasteiger partial charge in [-0.05, 0) is 36.4 Å². The van der Waals surface area contributed by atoms with Gasteiger partial charge in [-0.2, -0.15) is 26.3 Å². The predicted octanol–water partition coefficient (Wildman–Crippen LogP) is 4.23. The Morgan fingerprint density at radius 2 is 1.38 bits per heavy atom. The lowest BCUT2D eigenvalue weighted by Crippen LogP contribution is -2.50. The van der Waals surface area contributed by atoms with Gasteiger partial charge in [0.05, 0.1) is 16.7 Å². The third kappa shape index (κ3) is 5.71. The fourth-order valence-corrected chi connectivity index (χ4v) is 3.22. The summed E-state index contributed by atoms with van der Waals surface area (Å²) in [6.07, 6.45) is -9.08. The summed E-state index contributed by atoms with van der Waals surface area (Å²) in [6.45, 7) is 0.272. The number of rotatable bonds is 4. The fourth-order valence-electron chi connectivity index (χ4n) is 3.22. The number of anilines is 1. The summed E-state index contributed by atoms with van der Waals surface area (Å²) >= 11 is 0. The van der Waals surface area contributed by atoms with Gasteiger partial charge in [-0.25, -0.2) is 4.79 Å². The molecule has 172 valence electrons. The number of piperazine rings is 1. The van der Waals surface area contributed by atoms with Gasteiger partial charge in [0.1, 0.15) is 0 Å². The first-order chi connectivity index (χ1) is 14.9. The maximum atomic E-state index is 12.9. The van der Waals surface area contributed by atoms with Crippen LogP contribution in [0.4, 0.5) is 32.0 Å². The fraction of sp³-hybridized carbons (Fsp3) is 0.333. The molecule has 0 bridgehead atoms. The topological polar surface area (TPSA) is 49.9 Å². The number of carbonyl (C=O) groups is 2. The summed E-state index contributed by atoms with van der Waals surface area (Å²) in [5, 5.41) is 0. The largest absolute Gasteiger partial charge is 0.452 e. The first kappa shape index (κ1) is 23.4. The third-order valence-corrected chi connectivity index (χ3v) is 4.92. The summed E-state index contributed by atoms with van der Waals surface area (Å²) in [6, 6.07) is 8.53. The molecule has 2 aromatic rings. The second kappa shape index (κ2) is 9.09. The molecule has 5 nitrogen and oxygen atoms in total. The van der Waals surface area contributed by atoms with E-state index in [9.17, 15) is 35.9 Å². The van der Waals surface area contributed by atoms with Crippen LogP contribution in [-0.2, 0) is 21.9 Å². The number of nitrogens with zero attached hydrogens (tertiary/aromatic N) is 2. The minimum Gasteiger partial charge on any atom is -0.452 e. The van der Waals surface area contributed by atoms with Gasteiger partial charge in [0.15, 0.2) is 6.61 Å². The van der Waals surface area contributed by atoms with Crippen molar-refractivity contribution in [2.24, 2.45) is 0 Å². The molecule has 0 atom stereocenters. The van der Waals surface area contributed by atoms with Crippen LogP contribution in [-0.4, -0.2) is 49.6 Å². The molecular weight excluding hydrogens is 442 g/mol. The number of hydrogen-bond acceptors (Lipinski definition) is 4. The van der Waals surface area contributed by atoms with Crippen LogP contribution in [0.3, 0.4) is 0 Å². The van der Waals surface area contributed by atoms with Crippen molar-refractivity contribution in [1.82, 2.24) is 4.90 Å². The summed E-state index contributed by atoms with van der Waals surface area (Å²) < 4.78 is 81.8. The van der Waals surface area contributed by atoms with Crippen molar-refractivity contribution < 1.29 is 40.7 Å². The molecule has 11 heteroatoms. The number of benzene rings is 2. The molecule has 1 heterocycles. The zero-order valence-corrected chi connectivity index (χ0v) is 16.5. The molecule has 0 aromatic heterocycles. The average molecular weight is 460 g/mol. The average Bonchev–Trinajstić information content (AvgIpc) is 2.76. The molecule has 0 spiro atoms. The second-order valence-corrected chi connectivity index (χ2v) is 7.07. The molecule has 1 aliphatic heterocycles. The van der Waals surface area contributed by atoms with Gasteiger partial charge in [-0.15, -0.1) is 0 Å². The zero-order chi connectivity index (χ0) is 23.5. The van der Waals surface area contributed by atoms with Gasteiger partial charge in [0.2, 0.25) is 0 Å². The Labute approximate surface area is 179 Å². The number of esters is 1. The summed E-state index contributed by atoms with van der Waals surface area (Å²) in [7, 11) is 0. The van der Waals surface area contributed by atoms with Gasteiger partial charge >= 0.3 is 18.3 Å². The highest BCUT2D eigenvalue weighted by Crippen LogP contribution is 2.32. The van der Waals surface area contributed by atoms with Crippen molar-refractivity contribution in [1.29, 1.82) is 0 Å². The SMILES string of the molecule is O=C(OCC(=O)N1CCN(c2cccc(C(F)(F)F)c2)CC1)c1cccc(C(F)(F)F)c1. The Morgan fingerprint density at radius 3 is 1.97 bits per heavy atom. The molecule has 0 saturated carbocycles. The molecule has 3 rings (SSSR count). The van der Waals surface area contributed by atoms with E-state index in [4.69, 9.17) is 4.74 Å². The van der Waals surface area contributed by atoms with Crippen molar-refractivity contribution in [3.05, 3.63) is 65.2 Å². The van der Waals surface area contributed by atoms with Crippen molar-refractivity contribution in [3.63, 3.8) is 0 Å². The van der Waals surface area contributed by atoms with E-state index in [1.54, 1.807) is 11.0 Å². The molecular formula is C21H18F6N2O3. The number of ether oxygens (including phenoxy) is 1. The molecule has 2 aromatic carbocycles. The normalized spacial score (nSPS) is 14.9.